The Hall–Kier alpha value is -0.660. The molecule has 1 aliphatic carbocycles. The van der Waals surface area contributed by atoms with E-state index in [0.29, 0.717) is 12.1 Å². The predicted molar refractivity (Wildman–Crippen MR) is 44.6 cm³/mol. The molecule has 1 saturated carbocycles. The van der Waals surface area contributed by atoms with Crippen LogP contribution in [0.25, 0.3) is 0 Å². The molecule has 0 saturated heterocycles. The molecule has 0 spiro atoms. The first kappa shape index (κ1) is 7.01. The van der Waals surface area contributed by atoms with Gasteiger partial charge in [-0.25, -0.2) is 0 Å². The van der Waals surface area contributed by atoms with Crippen LogP contribution in [0.2, 0.25) is 0 Å². The summed E-state index contributed by atoms with van der Waals surface area (Å²) in [5, 5.41) is 8.49. The lowest BCUT2D eigenvalue weighted by molar-refractivity contribution is 0.172. The summed E-state index contributed by atoms with van der Waals surface area (Å²) in [6, 6.07) is 0.910. The molecule has 2 heterocycles. The molecule has 2 aliphatic heterocycles. The highest BCUT2D eigenvalue weighted by Gasteiger charge is 2.41. The van der Waals surface area contributed by atoms with E-state index in [1.807, 2.05) is 0 Å². The molecule has 0 aromatic heterocycles. The number of hydrogen-bond donors (Lipinski definition) is 0. The lowest BCUT2D eigenvalue weighted by Crippen LogP contribution is -2.40. The fourth-order valence-corrected chi connectivity index (χ4v) is 2.11. The first-order chi connectivity index (χ1) is 5.24. The Kier molecular flexibility index (Phi) is 1.38. The van der Waals surface area contributed by atoms with E-state index in [9.17, 15) is 0 Å². The standard InChI is InChI=1S/C9H14N2/c1-3-9(2)6-7-4-5-8(9)11-10-7/h3,7-8H,1,4-6H2,2H3/t7-,8+,9+/m1/s1. The molecule has 3 rings (SSSR count). The molecule has 3 atom stereocenters. The third-order valence-electron chi connectivity index (χ3n) is 3.05. The number of rotatable bonds is 1. The van der Waals surface area contributed by atoms with Crippen molar-refractivity contribution in [2.75, 3.05) is 0 Å². The number of hydrogen-bond acceptors (Lipinski definition) is 2. The Bertz CT molecular complexity index is 210. The normalized spacial score (nSPS) is 47.7. The summed E-state index contributed by atoms with van der Waals surface area (Å²) < 4.78 is 0. The van der Waals surface area contributed by atoms with Gasteiger partial charge in [0.25, 0.3) is 0 Å². The maximum atomic E-state index is 4.28. The number of nitrogens with zero attached hydrogens (tertiary/aromatic N) is 2. The van der Waals surface area contributed by atoms with Crippen molar-refractivity contribution in [1.29, 1.82) is 0 Å². The molecule has 2 bridgehead atoms. The van der Waals surface area contributed by atoms with E-state index in [4.69, 9.17) is 0 Å². The molecule has 0 unspecified atom stereocenters. The van der Waals surface area contributed by atoms with E-state index in [2.05, 4.69) is 29.8 Å². The molecule has 3 aliphatic rings. The van der Waals surface area contributed by atoms with Crippen molar-refractivity contribution in [3.05, 3.63) is 12.7 Å². The van der Waals surface area contributed by atoms with Gasteiger partial charge in [0, 0.05) is 5.41 Å². The molecule has 2 heteroatoms. The van der Waals surface area contributed by atoms with Crippen molar-refractivity contribution in [2.24, 2.45) is 15.6 Å². The van der Waals surface area contributed by atoms with Crippen LogP contribution in [0.1, 0.15) is 26.2 Å². The molecule has 11 heavy (non-hydrogen) atoms. The van der Waals surface area contributed by atoms with E-state index in [1.165, 1.54) is 12.8 Å². The summed E-state index contributed by atoms with van der Waals surface area (Å²) in [5.41, 5.74) is 0.241. The van der Waals surface area contributed by atoms with Gasteiger partial charge >= 0.3 is 0 Å². The fourth-order valence-electron chi connectivity index (χ4n) is 2.11. The zero-order valence-electron chi connectivity index (χ0n) is 6.95. The maximum absolute atomic E-state index is 4.28. The van der Waals surface area contributed by atoms with Crippen LogP contribution in [0.4, 0.5) is 0 Å². The number of fused-ring (bicyclic) bond motifs is 2. The Morgan fingerprint density at radius 3 is 2.55 bits per heavy atom. The van der Waals surface area contributed by atoms with E-state index in [0.717, 1.165) is 6.42 Å². The Morgan fingerprint density at radius 1 is 1.45 bits per heavy atom. The van der Waals surface area contributed by atoms with Gasteiger partial charge in [-0.05, 0) is 19.3 Å². The van der Waals surface area contributed by atoms with E-state index in [1.54, 1.807) is 0 Å². The molecular weight excluding hydrogens is 136 g/mol. The molecule has 0 aromatic rings. The smallest absolute Gasteiger partial charge is 0.0797 e. The van der Waals surface area contributed by atoms with Gasteiger partial charge in [-0.15, -0.1) is 6.58 Å². The summed E-state index contributed by atoms with van der Waals surface area (Å²) in [6.07, 6.45) is 5.65. The molecule has 0 N–H and O–H groups in total. The van der Waals surface area contributed by atoms with Crippen molar-refractivity contribution < 1.29 is 0 Å². The average Bonchev–Trinajstić information content (AvgIpc) is 2.06. The van der Waals surface area contributed by atoms with Crippen LogP contribution < -0.4 is 0 Å². The van der Waals surface area contributed by atoms with E-state index >= 15 is 0 Å². The molecule has 0 radical (unpaired) electrons. The second-order valence-corrected chi connectivity index (χ2v) is 3.89. The first-order valence-electron chi connectivity index (χ1n) is 4.28. The van der Waals surface area contributed by atoms with E-state index < -0.39 is 0 Å². The van der Waals surface area contributed by atoms with Gasteiger partial charge in [0.1, 0.15) is 0 Å². The van der Waals surface area contributed by atoms with Crippen LogP contribution in [0, 0.1) is 5.41 Å². The summed E-state index contributed by atoms with van der Waals surface area (Å²) in [7, 11) is 0. The van der Waals surface area contributed by atoms with Gasteiger partial charge < -0.3 is 0 Å². The van der Waals surface area contributed by atoms with Gasteiger partial charge in [0.15, 0.2) is 0 Å². The lowest BCUT2D eigenvalue weighted by Gasteiger charge is -2.42. The van der Waals surface area contributed by atoms with Crippen LogP contribution in [-0.2, 0) is 0 Å². The Morgan fingerprint density at radius 2 is 2.27 bits per heavy atom. The van der Waals surface area contributed by atoms with Gasteiger partial charge in [-0.1, -0.05) is 13.0 Å². The van der Waals surface area contributed by atoms with Crippen LogP contribution in [0.3, 0.4) is 0 Å². The third kappa shape index (κ3) is 0.924. The zero-order valence-corrected chi connectivity index (χ0v) is 6.95. The van der Waals surface area contributed by atoms with Crippen molar-refractivity contribution in [3.8, 4) is 0 Å². The molecule has 0 aromatic carbocycles. The zero-order chi connectivity index (χ0) is 7.90. The van der Waals surface area contributed by atoms with E-state index in [-0.39, 0.29) is 5.41 Å². The monoisotopic (exact) mass is 150 g/mol. The van der Waals surface area contributed by atoms with Crippen LogP contribution in [0.15, 0.2) is 22.9 Å². The third-order valence-corrected chi connectivity index (χ3v) is 3.05. The summed E-state index contributed by atoms with van der Waals surface area (Å²) in [6.45, 7) is 6.12. The molecule has 2 nitrogen and oxygen atoms in total. The molecule has 60 valence electrons. The summed E-state index contributed by atoms with van der Waals surface area (Å²) in [4.78, 5) is 0. The minimum Gasteiger partial charge on any atom is -0.190 e. The molecule has 0 amide bonds. The topological polar surface area (TPSA) is 24.7 Å². The summed E-state index contributed by atoms with van der Waals surface area (Å²) in [5.74, 6) is 0. The second-order valence-electron chi connectivity index (χ2n) is 3.89. The highest BCUT2D eigenvalue weighted by atomic mass is 15.2. The molecular formula is C9H14N2. The number of azo groups is 1. The fraction of sp³-hybridized carbons (Fsp3) is 0.778. The highest BCUT2D eigenvalue weighted by molar-refractivity contribution is 5.07. The Balaban J connectivity index is 2.29. The average molecular weight is 150 g/mol. The van der Waals surface area contributed by atoms with Crippen LogP contribution in [-0.4, -0.2) is 12.1 Å². The minimum atomic E-state index is 0.241. The van der Waals surface area contributed by atoms with Crippen LogP contribution >= 0.6 is 0 Å². The summed E-state index contributed by atoms with van der Waals surface area (Å²) >= 11 is 0. The van der Waals surface area contributed by atoms with Crippen molar-refractivity contribution in [2.45, 2.75) is 38.3 Å². The second kappa shape index (κ2) is 2.16. The SMILES string of the molecule is C=C[C@@]1(C)C[C@H]2CC[C@@H]1N=N2. The molecule has 1 fully saturated rings. The van der Waals surface area contributed by atoms with Gasteiger partial charge in [0.05, 0.1) is 12.1 Å². The van der Waals surface area contributed by atoms with Gasteiger partial charge in [0.2, 0.25) is 0 Å². The lowest BCUT2D eigenvalue weighted by atomic mass is 9.69. The largest absolute Gasteiger partial charge is 0.190 e. The van der Waals surface area contributed by atoms with Crippen LogP contribution in [0.5, 0.6) is 0 Å². The van der Waals surface area contributed by atoms with Crippen molar-refractivity contribution >= 4 is 0 Å². The highest BCUT2D eigenvalue weighted by Crippen LogP contribution is 2.43. The quantitative estimate of drug-likeness (QED) is 0.513. The minimum absolute atomic E-state index is 0.241. The van der Waals surface area contributed by atoms with Crippen molar-refractivity contribution in [1.82, 2.24) is 0 Å². The predicted octanol–water partition coefficient (Wildman–Crippen LogP) is 2.57. The van der Waals surface area contributed by atoms with Gasteiger partial charge in [-0.2, -0.15) is 10.2 Å². The van der Waals surface area contributed by atoms with Gasteiger partial charge in [-0.3, -0.25) is 0 Å². The van der Waals surface area contributed by atoms with Crippen molar-refractivity contribution in [3.63, 3.8) is 0 Å². The maximum Gasteiger partial charge on any atom is 0.0797 e. The first-order valence-corrected chi connectivity index (χ1v) is 4.28. The Labute approximate surface area is 67.4 Å².